The maximum Gasteiger partial charge on any atom is 0.122 e. The van der Waals surface area contributed by atoms with Crippen LogP contribution in [0.2, 0.25) is 0 Å². The van der Waals surface area contributed by atoms with Crippen LogP contribution in [0.1, 0.15) is 24.5 Å². The van der Waals surface area contributed by atoms with Crippen LogP contribution in [0, 0.1) is 6.92 Å². The number of furan rings is 1. The second kappa shape index (κ2) is 5.30. The highest BCUT2D eigenvalue weighted by atomic mass is 16.3. The van der Waals surface area contributed by atoms with Gasteiger partial charge in [-0.1, -0.05) is 0 Å². The predicted molar refractivity (Wildman–Crippen MR) is 59.6 cm³/mol. The average molecular weight is 212 g/mol. The van der Waals surface area contributed by atoms with Crippen molar-refractivity contribution in [2.75, 3.05) is 20.2 Å². The molecule has 0 radical (unpaired) electrons. The first-order chi connectivity index (χ1) is 7.06. The topological polar surface area (TPSA) is 62.6 Å². The standard InChI is InChI=1S/C11H20N2O2/c1-8-4-5-10(15-8)11(9(2)12)13(3)6-7-14/h4-5,9,11,14H,6-7,12H2,1-3H3. The number of likely N-dealkylation sites (N-methyl/N-ethyl adjacent to an activating group) is 1. The van der Waals surface area contributed by atoms with E-state index in [1.54, 1.807) is 0 Å². The van der Waals surface area contributed by atoms with Gasteiger partial charge in [-0.3, -0.25) is 4.90 Å². The van der Waals surface area contributed by atoms with Crippen molar-refractivity contribution in [1.29, 1.82) is 0 Å². The van der Waals surface area contributed by atoms with Gasteiger partial charge < -0.3 is 15.3 Å². The molecule has 1 aromatic heterocycles. The van der Waals surface area contributed by atoms with E-state index < -0.39 is 0 Å². The molecule has 0 saturated carbocycles. The van der Waals surface area contributed by atoms with Crippen LogP contribution in [0.25, 0.3) is 0 Å². The normalized spacial score (nSPS) is 15.6. The highest BCUT2D eigenvalue weighted by Gasteiger charge is 2.23. The van der Waals surface area contributed by atoms with Crippen LogP contribution in [-0.4, -0.2) is 36.2 Å². The monoisotopic (exact) mass is 212 g/mol. The second-order valence-electron chi connectivity index (χ2n) is 3.96. The average Bonchev–Trinajstić information content (AvgIpc) is 2.51. The van der Waals surface area contributed by atoms with Crippen LogP contribution >= 0.6 is 0 Å². The summed E-state index contributed by atoms with van der Waals surface area (Å²) < 4.78 is 5.57. The molecule has 15 heavy (non-hydrogen) atoms. The van der Waals surface area contributed by atoms with E-state index in [1.807, 2.05) is 37.9 Å². The van der Waals surface area contributed by atoms with Crippen LogP contribution in [0.5, 0.6) is 0 Å². The number of rotatable bonds is 5. The van der Waals surface area contributed by atoms with Crippen molar-refractivity contribution in [2.24, 2.45) is 5.73 Å². The summed E-state index contributed by atoms with van der Waals surface area (Å²) in [5.41, 5.74) is 5.93. The predicted octanol–water partition coefficient (Wildman–Crippen LogP) is 0.900. The first-order valence-corrected chi connectivity index (χ1v) is 5.19. The highest BCUT2D eigenvalue weighted by molar-refractivity contribution is 5.11. The Labute approximate surface area is 90.7 Å². The van der Waals surface area contributed by atoms with Crippen LogP contribution in [0.3, 0.4) is 0 Å². The van der Waals surface area contributed by atoms with E-state index in [0.29, 0.717) is 6.54 Å². The van der Waals surface area contributed by atoms with Crippen molar-refractivity contribution in [3.63, 3.8) is 0 Å². The van der Waals surface area contributed by atoms with E-state index in [9.17, 15) is 0 Å². The number of aryl methyl sites for hydroxylation is 1. The summed E-state index contributed by atoms with van der Waals surface area (Å²) in [6.07, 6.45) is 0. The molecular weight excluding hydrogens is 192 g/mol. The summed E-state index contributed by atoms with van der Waals surface area (Å²) in [5.74, 6) is 1.74. The van der Waals surface area contributed by atoms with Gasteiger partial charge >= 0.3 is 0 Å². The van der Waals surface area contributed by atoms with Gasteiger partial charge in [-0.15, -0.1) is 0 Å². The first-order valence-electron chi connectivity index (χ1n) is 5.19. The Balaban J connectivity index is 2.82. The Morgan fingerprint density at radius 1 is 1.53 bits per heavy atom. The summed E-state index contributed by atoms with van der Waals surface area (Å²) in [6.45, 7) is 4.57. The fourth-order valence-electron chi connectivity index (χ4n) is 1.79. The van der Waals surface area contributed by atoms with Crippen molar-refractivity contribution in [1.82, 2.24) is 4.90 Å². The minimum Gasteiger partial charge on any atom is -0.465 e. The molecule has 0 bridgehead atoms. The van der Waals surface area contributed by atoms with Gasteiger partial charge in [0.25, 0.3) is 0 Å². The SMILES string of the molecule is Cc1ccc(C(C(C)N)N(C)CCO)o1. The van der Waals surface area contributed by atoms with Crippen molar-refractivity contribution in [2.45, 2.75) is 25.9 Å². The lowest BCUT2D eigenvalue weighted by atomic mass is 10.1. The molecule has 0 saturated heterocycles. The lowest BCUT2D eigenvalue weighted by Gasteiger charge is -2.28. The molecule has 0 aliphatic carbocycles. The maximum atomic E-state index is 8.91. The zero-order valence-corrected chi connectivity index (χ0v) is 9.60. The van der Waals surface area contributed by atoms with Crippen molar-refractivity contribution in [3.8, 4) is 0 Å². The highest BCUT2D eigenvalue weighted by Crippen LogP contribution is 2.23. The van der Waals surface area contributed by atoms with E-state index in [2.05, 4.69) is 0 Å². The summed E-state index contributed by atoms with van der Waals surface area (Å²) in [7, 11) is 1.93. The fourth-order valence-corrected chi connectivity index (χ4v) is 1.79. The molecule has 0 aliphatic rings. The Morgan fingerprint density at radius 3 is 2.60 bits per heavy atom. The van der Waals surface area contributed by atoms with Gasteiger partial charge in [0.1, 0.15) is 11.5 Å². The largest absolute Gasteiger partial charge is 0.465 e. The molecule has 4 nitrogen and oxygen atoms in total. The van der Waals surface area contributed by atoms with Gasteiger partial charge in [0.15, 0.2) is 0 Å². The summed E-state index contributed by atoms with van der Waals surface area (Å²) in [4.78, 5) is 2.00. The zero-order chi connectivity index (χ0) is 11.4. The van der Waals surface area contributed by atoms with E-state index in [4.69, 9.17) is 15.3 Å². The molecule has 2 unspecified atom stereocenters. The Kier molecular flexibility index (Phi) is 4.32. The Morgan fingerprint density at radius 2 is 2.20 bits per heavy atom. The lowest BCUT2D eigenvalue weighted by molar-refractivity contribution is 0.150. The number of nitrogens with zero attached hydrogens (tertiary/aromatic N) is 1. The van der Waals surface area contributed by atoms with Gasteiger partial charge in [-0.05, 0) is 33.0 Å². The zero-order valence-electron chi connectivity index (χ0n) is 9.60. The number of hydrogen-bond donors (Lipinski definition) is 2. The number of nitrogens with two attached hydrogens (primary N) is 1. The van der Waals surface area contributed by atoms with E-state index in [-0.39, 0.29) is 18.7 Å². The maximum absolute atomic E-state index is 8.91. The minimum atomic E-state index is -0.0351. The molecule has 4 heteroatoms. The quantitative estimate of drug-likeness (QED) is 0.761. The molecule has 2 atom stereocenters. The van der Waals surface area contributed by atoms with Crippen molar-refractivity contribution in [3.05, 3.63) is 23.7 Å². The molecule has 0 spiro atoms. The molecule has 0 amide bonds. The number of aliphatic hydroxyl groups excluding tert-OH is 1. The van der Waals surface area contributed by atoms with Gasteiger partial charge in [-0.2, -0.15) is 0 Å². The molecule has 1 heterocycles. The van der Waals surface area contributed by atoms with Crippen LogP contribution < -0.4 is 5.73 Å². The van der Waals surface area contributed by atoms with Gasteiger partial charge in [-0.25, -0.2) is 0 Å². The van der Waals surface area contributed by atoms with E-state index in [0.717, 1.165) is 11.5 Å². The molecule has 0 aromatic carbocycles. The third-order valence-corrected chi connectivity index (χ3v) is 2.48. The minimum absolute atomic E-state index is 0.0193. The molecule has 0 aliphatic heterocycles. The second-order valence-corrected chi connectivity index (χ2v) is 3.96. The van der Waals surface area contributed by atoms with E-state index in [1.165, 1.54) is 0 Å². The smallest absolute Gasteiger partial charge is 0.122 e. The molecule has 1 aromatic rings. The van der Waals surface area contributed by atoms with Gasteiger partial charge in [0.05, 0.1) is 12.6 Å². The van der Waals surface area contributed by atoms with E-state index >= 15 is 0 Å². The first kappa shape index (κ1) is 12.2. The number of hydrogen-bond acceptors (Lipinski definition) is 4. The Bertz CT molecular complexity index is 297. The Hall–Kier alpha value is -0.840. The molecule has 0 fully saturated rings. The van der Waals surface area contributed by atoms with Crippen LogP contribution in [0.4, 0.5) is 0 Å². The third-order valence-electron chi connectivity index (χ3n) is 2.48. The van der Waals surface area contributed by atoms with Crippen molar-refractivity contribution >= 4 is 0 Å². The molecule has 1 rings (SSSR count). The summed E-state index contributed by atoms with van der Waals surface area (Å²) in [6, 6.07) is 3.85. The fraction of sp³-hybridized carbons (Fsp3) is 0.636. The van der Waals surface area contributed by atoms with Crippen LogP contribution in [0.15, 0.2) is 16.5 Å². The van der Waals surface area contributed by atoms with Crippen molar-refractivity contribution < 1.29 is 9.52 Å². The van der Waals surface area contributed by atoms with Crippen LogP contribution in [-0.2, 0) is 0 Å². The number of aliphatic hydroxyl groups is 1. The molecule has 86 valence electrons. The summed E-state index contributed by atoms with van der Waals surface area (Å²) >= 11 is 0. The third kappa shape index (κ3) is 3.06. The molecular formula is C11H20N2O2. The summed E-state index contributed by atoms with van der Waals surface area (Å²) in [5, 5.41) is 8.91. The lowest BCUT2D eigenvalue weighted by Crippen LogP contribution is -2.38. The van der Waals surface area contributed by atoms with Gasteiger partial charge in [0.2, 0.25) is 0 Å². The molecule has 3 N–H and O–H groups in total. The van der Waals surface area contributed by atoms with Gasteiger partial charge in [0, 0.05) is 12.6 Å².